The number of carboxylic acids is 1. The second-order valence-corrected chi connectivity index (χ2v) is 3.37. The summed E-state index contributed by atoms with van der Waals surface area (Å²) in [5.41, 5.74) is 0.0505. The summed E-state index contributed by atoms with van der Waals surface area (Å²) in [4.78, 5) is 10.6. The highest BCUT2D eigenvalue weighted by atomic mass is 19.1. The topological polar surface area (TPSA) is 86.3 Å². The molecule has 1 heterocycles. The fraction of sp³-hybridized carbons (Fsp3) is 0. The van der Waals surface area contributed by atoms with E-state index in [1.165, 1.54) is 24.3 Å². The molecule has 0 saturated heterocycles. The smallest absolute Gasteiger partial charge is 0.371 e. The van der Waals surface area contributed by atoms with E-state index in [0.717, 1.165) is 6.07 Å². The molecule has 0 spiro atoms. The van der Waals surface area contributed by atoms with Gasteiger partial charge in [0.15, 0.2) is 5.88 Å². The molecule has 0 unspecified atom stereocenters. The Morgan fingerprint density at radius 2 is 2.17 bits per heavy atom. The van der Waals surface area contributed by atoms with Gasteiger partial charge in [0.2, 0.25) is 5.76 Å². The number of anilines is 2. The molecule has 0 fully saturated rings. The van der Waals surface area contributed by atoms with Crippen molar-refractivity contribution in [1.29, 1.82) is 5.26 Å². The molecule has 2 aromatic rings. The second-order valence-electron chi connectivity index (χ2n) is 3.37. The summed E-state index contributed by atoms with van der Waals surface area (Å²) in [5, 5.41) is 20.1. The van der Waals surface area contributed by atoms with Crippen molar-refractivity contribution in [2.24, 2.45) is 0 Å². The van der Waals surface area contributed by atoms with Crippen molar-refractivity contribution in [3.8, 4) is 6.07 Å². The summed E-state index contributed by atoms with van der Waals surface area (Å²) in [6.45, 7) is 0. The maximum Gasteiger partial charge on any atom is 0.371 e. The van der Waals surface area contributed by atoms with E-state index in [1.54, 1.807) is 6.07 Å². The minimum atomic E-state index is -1.21. The highest BCUT2D eigenvalue weighted by Crippen LogP contribution is 2.24. The average molecular weight is 246 g/mol. The van der Waals surface area contributed by atoms with Crippen LogP contribution in [0.4, 0.5) is 16.0 Å². The summed E-state index contributed by atoms with van der Waals surface area (Å²) in [7, 11) is 0. The van der Waals surface area contributed by atoms with Gasteiger partial charge >= 0.3 is 5.97 Å². The zero-order valence-electron chi connectivity index (χ0n) is 8.98. The van der Waals surface area contributed by atoms with Crippen molar-refractivity contribution in [2.45, 2.75) is 0 Å². The van der Waals surface area contributed by atoms with Gasteiger partial charge in [0.05, 0.1) is 5.69 Å². The number of rotatable bonds is 3. The summed E-state index contributed by atoms with van der Waals surface area (Å²) in [6, 6.07) is 8.44. The van der Waals surface area contributed by atoms with Crippen LogP contribution >= 0.6 is 0 Å². The van der Waals surface area contributed by atoms with Gasteiger partial charge in [-0.15, -0.1) is 0 Å². The lowest BCUT2D eigenvalue weighted by Crippen LogP contribution is -1.95. The Bertz CT molecular complexity index is 643. The van der Waals surface area contributed by atoms with Crippen LogP contribution in [0, 0.1) is 17.1 Å². The van der Waals surface area contributed by atoms with Crippen LogP contribution in [-0.4, -0.2) is 11.1 Å². The van der Waals surface area contributed by atoms with E-state index in [1.807, 2.05) is 0 Å². The summed E-state index contributed by atoms with van der Waals surface area (Å²) >= 11 is 0. The molecule has 0 amide bonds. The maximum absolute atomic E-state index is 13.3. The van der Waals surface area contributed by atoms with E-state index < -0.39 is 11.8 Å². The van der Waals surface area contributed by atoms with Gasteiger partial charge in [0.1, 0.15) is 17.4 Å². The first kappa shape index (κ1) is 11.7. The number of hydrogen-bond acceptors (Lipinski definition) is 4. The number of aromatic carboxylic acids is 1. The van der Waals surface area contributed by atoms with E-state index in [-0.39, 0.29) is 22.9 Å². The molecule has 1 aromatic heterocycles. The van der Waals surface area contributed by atoms with E-state index in [0.29, 0.717) is 0 Å². The number of nitrogens with one attached hydrogen (secondary N) is 1. The van der Waals surface area contributed by atoms with Crippen LogP contribution in [0.5, 0.6) is 0 Å². The third-order valence-electron chi connectivity index (χ3n) is 2.20. The average Bonchev–Trinajstić information content (AvgIpc) is 2.78. The third-order valence-corrected chi connectivity index (χ3v) is 2.20. The quantitative estimate of drug-likeness (QED) is 0.869. The minimum Gasteiger partial charge on any atom is -0.475 e. The molecule has 18 heavy (non-hydrogen) atoms. The van der Waals surface area contributed by atoms with Crippen LogP contribution in [0.3, 0.4) is 0 Å². The van der Waals surface area contributed by atoms with Crippen molar-refractivity contribution in [3.05, 3.63) is 47.5 Å². The maximum atomic E-state index is 13.3. The normalized spacial score (nSPS) is 9.78. The van der Waals surface area contributed by atoms with Gasteiger partial charge in [0, 0.05) is 6.07 Å². The van der Waals surface area contributed by atoms with E-state index in [4.69, 9.17) is 14.8 Å². The zero-order chi connectivity index (χ0) is 13.1. The highest BCUT2D eigenvalue weighted by Gasteiger charge is 2.12. The number of carboxylic acid groups (broad SMARTS) is 1. The Morgan fingerprint density at radius 3 is 2.78 bits per heavy atom. The van der Waals surface area contributed by atoms with Crippen molar-refractivity contribution >= 4 is 17.5 Å². The predicted molar refractivity (Wildman–Crippen MR) is 60.1 cm³/mol. The van der Waals surface area contributed by atoms with E-state index in [9.17, 15) is 9.18 Å². The molecule has 0 saturated carbocycles. The number of carbonyl (C=O) groups is 1. The summed E-state index contributed by atoms with van der Waals surface area (Å²) < 4.78 is 18.2. The van der Waals surface area contributed by atoms with Gasteiger partial charge in [0.25, 0.3) is 0 Å². The first-order valence-corrected chi connectivity index (χ1v) is 4.90. The van der Waals surface area contributed by atoms with Gasteiger partial charge in [-0.05, 0) is 18.2 Å². The van der Waals surface area contributed by atoms with Gasteiger partial charge < -0.3 is 14.8 Å². The summed E-state index contributed by atoms with van der Waals surface area (Å²) in [5.74, 6) is -1.99. The Morgan fingerprint density at radius 1 is 1.39 bits per heavy atom. The van der Waals surface area contributed by atoms with Crippen LogP contribution in [0.15, 0.2) is 34.7 Å². The molecule has 2 N–H and O–H groups in total. The molecule has 0 bridgehead atoms. The van der Waals surface area contributed by atoms with Gasteiger partial charge in [-0.2, -0.15) is 5.26 Å². The molecular formula is C12H7FN2O3. The van der Waals surface area contributed by atoms with E-state index >= 15 is 0 Å². The van der Waals surface area contributed by atoms with Crippen LogP contribution in [-0.2, 0) is 0 Å². The monoisotopic (exact) mass is 246 g/mol. The molecule has 6 heteroatoms. The second kappa shape index (κ2) is 4.59. The van der Waals surface area contributed by atoms with Crippen LogP contribution in [0.25, 0.3) is 0 Å². The van der Waals surface area contributed by atoms with Gasteiger partial charge in [-0.25, -0.2) is 9.18 Å². The zero-order valence-corrected chi connectivity index (χ0v) is 8.98. The molecule has 0 aliphatic rings. The van der Waals surface area contributed by atoms with Crippen LogP contribution in [0.1, 0.15) is 16.1 Å². The highest BCUT2D eigenvalue weighted by molar-refractivity contribution is 5.85. The lowest BCUT2D eigenvalue weighted by atomic mass is 10.2. The number of hydrogen-bond donors (Lipinski definition) is 2. The molecule has 0 atom stereocenters. The fourth-order valence-corrected chi connectivity index (χ4v) is 1.39. The molecule has 2 rings (SSSR count). The van der Waals surface area contributed by atoms with Crippen molar-refractivity contribution in [1.82, 2.24) is 0 Å². The Labute approximate surface area is 101 Å². The number of furan rings is 1. The standard InChI is InChI=1S/C12H7FN2O3/c13-8-2-1-3-9(7(8)6-14)15-11-5-4-10(18-11)12(16)17/h1-5,15H,(H,16,17). The molecule has 0 aliphatic heterocycles. The lowest BCUT2D eigenvalue weighted by molar-refractivity contribution is 0.0663. The lowest BCUT2D eigenvalue weighted by Gasteiger charge is -2.05. The first-order chi connectivity index (χ1) is 8.61. The van der Waals surface area contributed by atoms with Crippen molar-refractivity contribution in [2.75, 3.05) is 5.32 Å². The van der Waals surface area contributed by atoms with Gasteiger partial charge in [-0.3, -0.25) is 0 Å². The number of nitriles is 1. The number of halogens is 1. The molecule has 0 aliphatic carbocycles. The molecule has 1 aromatic carbocycles. The van der Waals surface area contributed by atoms with Gasteiger partial charge in [-0.1, -0.05) is 6.07 Å². The predicted octanol–water partition coefficient (Wildman–Crippen LogP) is 2.73. The molecule has 5 nitrogen and oxygen atoms in total. The fourth-order valence-electron chi connectivity index (χ4n) is 1.39. The van der Waals surface area contributed by atoms with E-state index in [2.05, 4.69) is 5.32 Å². The summed E-state index contributed by atoms with van der Waals surface area (Å²) in [6.07, 6.45) is 0. The van der Waals surface area contributed by atoms with Crippen LogP contribution in [0.2, 0.25) is 0 Å². The Hall–Kier alpha value is -2.81. The van der Waals surface area contributed by atoms with Crippen LogP contribution < -0.4 is 5.32 Å². The molecular weight excluding hydrogens is 239 g/mol. The SMILES string of the molecule is N#Cc1c(F)cccc1Nc1ccc(C(=O)O)o1. The van der Waals surface area contributed by atoms with Crippen molar-refractivity contribution in [3.63, 3.8) is 0 Å². The first-order valence-electron chi connectivity index (χ1n) is 4.90. The Kier molecular flexibility index (Phi) is 2.98. The van der Waals surface area contributed by atoms with Crippen molar-refractivity contribution < 1.29 is 18.7 Å². The largest absolute Gasteiger partial charge is 0.475 e. The Balaban J connectivity index is 2.31. The minimum absolute atomic E-state index is 0.120. The number of benzene rings is 1. The third kappa shape index (κ3) is 2.15. The number of nitrogens with zero attached hydrogens (tertiary/aromatic N) is 1. The molecule has 90 valence electrons. The molecule has 0 radical (unpaired) electrons.